The van der Waals surface area contributed by atoms with Crippen LogP contribution in [-0.4, -0.2) is 43.3 Å². The Morgan fingerprint density at radius 3 is 2.08 bits per heavy atom. The highest BCUT2D eigenvalue weighted by Crippen LogP contribution is 2.42. The number of halogens is 1. The van der Waals surface area contributed by atoms with Crippen molar-refractivity contribution >= 4 is 73.4 Å². The van der Waals surface area contributed by atoms with E-state index in [1.807, 2.05) is 91.0 Å². The smallest absolute Gasteiger partial charge is 0.268 e. The van der Waals surface area contributed by atoms with Crippen molar-refractivity contribution in [1.82, 2.24) is 10.3 Å². The fourth-order valence-electron chi connectivity index (χ4n) is 5.84. The van der Waals surface area contributed by atoms with Crippen molar-refractivity contribution in [2.75, 3.05) is 26.1 Å². The lowest BCUT2D eigenvalue weighted by atomic mass is 9.92. The van der Waals surface area contributed by atoms with Crippen LogP contribution in [0.4, 0.5) is 5.69 Å². The molecule has 2 amide bonds. The molecular weight excluding hydrogens is 670 g/mol. The molecule has 0 spiro atoms. The van der Waals surface area contributed by atoms with Crippen molar-refractivity contribution in [2.45, 2.75) is 6.42 Å². The number of para-hydroxylation sites is 3. The SMILES string of the molecule is COc1ccccc1/C=C/C(=O)/C=C/c1ccccc1OC.O=C1Nc2cc(Br)ccc2/C1=C1\CCNC(=O)c2[nH]c3ccccc3c21. The number of anilines is 1. The van der Waals surface area contributed by atoms with E-state index in [0.717, 1.165) is 60.4 Å². The van der Waals surface area contributed by atoms with Gasteiger partial charge in [-0.2, -0.15) is 0 Å². The minimum absolute atomic E-state index is 0.100. The predicted octanol–water partition coefficient (Wildman–Crippen LogP) is 7.93. The van der Waals surface area contributed by atoms with Gasteiger partial charge in [-0.25, -0.2) is 0 Å². The fourth-order valence-corrected chi connectivity index (χ4v) is 6.20. The number of allylic oxidation sites excluding steroid dienone is 2. The van der Waals surface area contributed by atoms with Crippen molar-refractivity contribution in [2.24, 2.45) is 0 Å². The number of hydrogen-bond donors (Lipinski definition) is 3. The molecule has 0 unspecified atom stereocenters. The molecule has 0 saturated carbocycles. The van der Waals surface area contributed by atoms with Crippen LogP contribution in [0, 0.1) is 0 Å². The van der Waals surface area contributed by atoms with Crippen molar-refractivity contribution in [3.8, 4) is 11.5 Å². The average Bonchev–Trinajstić information content (AvgIpc) is 3.60. The molecule has 0 bridgehead atoms. The highest BCUT2D eigenvalue weighted by molar-refractivity contribution is 9.10. The first-order valence-corrected chi connectivity index (χ1v) is 16.1. The van der Waals surface area contributed by atoms with Crippen molar-refractivity contribution in [1.29, 1.82) is 0 Å². The Morgan fingerprint density at radius 2 is 1.42 bits per heavy atom. The van der Waals surface area contributed by atoms with E-state index in [2.05, 4.69) is 31.5 Å². The Morgan fingerprint density at radius 1 is 0.792 bits per heavy atom. The molecule has 1 aromatic heterocycles. The number of nitrogens with one attached hydrogen (secondary N) is 3. The molecule has 9 heteroatoms. The van der Waals surface area contributed by atoms with Crippen molar-refractivity contribution < 1.29 is 23.9 Å². The highest BCUT2D eigenvalue weighted by atomic mass is 79.9. The van der Waals surface area contributed by atoms with Crippen LogP contribution in [0.5, 0.6) is 11.5 Å². The van der Waals surface area contributed by atoms with Gasteiger partial charge in [-0.3, -0.25) is 14.4 Å². The van der Waals surface area contributed by atoms with Gasteiger partial charge in [0.1, 0.15) is 17.2 Å². The maximum Gasteiger partial charge on any atom is 0.268 e. The molecule has 7 rings (SSSR count). The molecule has 3 heterocycles. The number of methoxy groups -OCH3 is 2. The summed E-state index contributed by atoms with van der Waals surface area (Å²) in [6.07, 6.45) is 7.12. The van der Waals surface area contributed by atoms with Gasteiger partial charge in [0.05, 0.1) is 25.5 Å². The van der Waals surface area contributed by atoms with Crippen molar-refractivity contribution in [3.63, 3.8) is 0 Å². The number of carbonyl (C=O) groups excluding carboxylic acids is 3. The van der Waals surface area contributed by atoms with E-state index in [9.17, 15) is 14.4 Å². The maximum atomic E-state index is 12.8. The highest BCUT2D eigenvalue weighted by Gasteiger charge is 2.32. The summed E-state index contributed by atoms with van der Waals surface area (Å²) in [5.41, 5.74) is 7.18. The summed E-state index contributed by atoms with van der Waals surface area (Å²) in [6.45, 7) is 0.494. The van der Waals surface area contributed by atoms with Gasteiger partial charge in [0.25, 0.3) is 11.8 Å². The van der Waals surface area contributed by atoms with E-state index in [4.69, 9.17) is 9.47 Å². The molecule has 2 aliphatic heterocycles. The Bertz CT molecular complexity index is 2080. The number of hydrogen-bond acceptors (Lipinski definition) is 5. The number of ketones is 1. The minimum atomic E-state index is -0.138. The lowest BCUT2D eigenvalue weighted by Crippen LogP contribution is -2.22. The van der Waals surface area contributed by atoms with E-state index in [0.29, 0.717) is 24.2 Å². The zero-order valence-corrected chi connectivity index (χ0v) is 27.9. The van der Waals surface area contributed by atoms with Crippen LogP contribution in [0.1, 0.15) is 39.2 Å². The van der Waals surface area contributed by atoms with E-state index >= 15 is 0 Å². The van der Waals surface area contributed by atoms with E-state index < -0.39 is 0 Å². The van der Waals surface area contributed by atoms with Gasteiger partial charge in [0.2, 0.25) is 0 Å². The topological polar surface area (TPSA) is 110 Å². The van der Waals surface area contributed by atoms with Gasteiger partial charge in [-0.05, 0) is 66.6 Å². The molecule has 48 heavy (non-hydrogen) atoms. The number of fused-ring (bicyclic) bond motifs is 4. The number of aromatic amines is 1. The molecule has 0 atom stereocenters. The second-order valence-electron chi connectivity index (χ2n) is 11.0. The standard InChI is InChI=1S/C20H14BrN3O2.C19H18O3/c21-10-5-6-12-15(9-10)24-19(25)17(12)13-7-8-22-20(26)18-16(13)11-3-1-2-4-14(11)23-18;1-21-18-9-5-3-7-15(18)11-13-17(20)14-12-16-8-4-6-10-19(16)22-2/h1-6,9,23H,7-8H2,(H,22,26)(H,24,25);3-14H,1-2H3/b17-13-;13-11+,14-12+. The number of aromatic nitrogens is 1. The third-order valence-electron chi connectivity index (χ3n) is 8.06. The molecule has 0 fully saturated rings. The summed E-state index contributed by atoms with van der Waals surface area (Å²) in [5.74, 6) is 1.11. The molecule has 4 aromatic carbocycles. The summed E-state index contributed by atoms with van der Waals surface area (Å²) < 4.78 is 11.4. The van der Waals surface area contributed by atoms with Crippen LogP contribution in [0.3, 0.4) is 0 Å². The quantitative estimate of drug-likeness (QED) is 0.156. The molecular formula is C39H32BrN3O5. The molecule has 5 aromatic rings. The second kappa shape index (κ2) is 14.4. The summed E-state index contributed by atoms with van der Waals surface area (Å²) in [6, 6.07) is 28.6. The Balaban J connectivity index is 0.000000170. The minimum Gasteiger partial charge on any atom is -0.496 e. The summed E-state index contributed by atoms with van der Waals surface area (Å²) in [5, 5.41) is 6.82. The molecule has 0 radical (unpaired) electrons. The first kappa shape index (κ1) is 32.3. The van der Waals surface area contributed by atoms with Crippen LogP contribution in [0.25, 0.3) is 34.2 Å². The average molecular weight is 703 g/mol. The van der Waals surface area contributed by atoms with Gasteiger partial charge in [-0.15, -0.1) is 0 Å². The van der Waals surface area contributed by atoms with Gasteiger partial charge in [-0.1, -0.05) is 76.6 Å². The normalized spacial score (nSPS) is 15.3. The number of benzene rings is 4. The van der Waals surface area contributed by atoms with Crippen LogP contribution in [-0.2, 0) is 9.59 Å². The first-order chi connectivity index (χ1) is 23.4. The summed E-state index contributed by atoms with van der Waals surface area (Å²) in [7, 11) is 3.21. The molecule has 0 saturated heterocycles. The van der Waals surface area contributed by atoms with Crippen LogP contribution < -0.4 is 20.1 Å². The monoisotopic (exact) mass is 701 g/mol. The second-order valence-corrected chi connectivity index (χ2v) is 11.9. The predicted molar refractivity (Wildman–Crippen MR) is 194 cm³/mol. The lowest BCUT2D eigenvalue weighted by molar-refractivity contribution is -0.111. The number of rotatable bonds is 6. The number of carbonyl (C=O) groups is 3. The number of H-pyrrole nitrogens is 1. The van der Waals surface area contributed by atoms with Gasteiger partial charge in [0.15, 0.2) is 5.78 Å². The lowest BCUT2D eigenvalue weighted by Gasteiger charge is -2.09. The van der Waals surface area contributed by atoms with Crippen LogP contribution in [0.2, 0.25) is 0 Å². The summed E-state index contributed by atoms with van der Waals surface area (Å²) >= 11 is 3.45. The maximum absolute atomic E-state index is 12.8. The molecule has 3 N–H and O–H groups in total. The Labute approximate surface area is 286 Å². The molecule has 0 aliphatic carbocycles. The molecule has 240 valence electrons. The summed E-state index contributed by atoms with van der Waals surface area (Å²) in [4.78, 5) is 40.5. The Hall–Kier alpha value is -5.67. The van der Waals surface area contributed by atoms with E-state index in [-0.39, 0.29) is 17.6 Å². The van der Waals surface area contributed by atoms with Crippen molar-refractivity contribution in [3.05, 3.63) is 136 Å². The number of amides is 2. The van der Waals surface area contributed by atoms with E-state index in [1.165, 1.54) is 12.2 Å². The Kier molecular flexibility index (Phi) is 9.68. The number of ether oxygens (including phenoxy) is 2. The van der Waals surface area contributed by atoms with Gasteiger partial charge in [0, 0.05) is 44.2 Å². The van der Waals surface area contributed by atoms with Crippen LogP contribution in [0.15, 0.2) is 108 Å². The largest absolute Gasteiger partial charge is 0.496 e. The fraction of sp³-hybridized carbons (Fsp3) is 0.103. The zero-order valence-electron chi connectivity index (χ0n) is 26.3. The molecule has 2 aliphatic rings. The van der Waals surface area contributed by atoms with Crippen LogP contribution >= 0.6 is 15.9 Å². The zero-order chi connectivity index (χ0) is 33.6. The molecule has 8 nitrogen and oxygen atoms in total. The van der Waals surface area contributed by atoms with Gasteiger partial charge < -0.3 is 25.1 Å². The van der Waals surface area contributed by atoms with E-state index in [1.54, 1.807) is 26.4 Å². The van der Waals surface area contributed by atoms with Gasteiger partial charge >= 0.3 is 0 Å². The first-order valence-electron chi connectivity index (χ1n) is 15.3. The third kappa shape index (κ3) is 6.72. The third-order valence-corrected chi connectivity index (χ3v) is 8.55.